The molecule has 2 aromatic rings. The van der Waals surface area contributed by atoms with Crippen molar-refractivity contribution in [3.8, 4) is 11.5 Å². The maximum absolute atomic E-state index is 11.3. The Labute approximate surface area is 148 Å². The zero-order valence-electron chi connectivity index (χ0n) is 13.3. The number of hydrogen-bond acceptors (Lipinski definition) is 8. The van der Waals surface area contributed by atoms with Gasteiger partial charge in [-0.05, 0) is 35.9 Å². The molecule has 136 valence electrons. The van der Waals surface area contributed by atoms with Crippen molar-refractivity contribution in [3.05, 3.63) is 52.1 Å². The van der Waals surface area contributed by atoms with Crippen LogP contribution in [0.4, 0.5) is 11.4 Å². The van der Waals surface area contributed by atoms with E-state index in [9.17, 15) is 18.5 Å². The maximum atomic E-state index is 11.3. The van der Waals surface area contributed by atoms with Crippen LogP contribution < -0.4 is 20.0 Å². The molecule has 26 heavy (non-hydrogen) atoms. The molecule has 0 atom stereocenters. The van der Waals surface area contributed by atoms with Gasteiger partial charge in [-0.25, -0.2) is 13.6 Å². The lowest BCUT2D eigenvalue weighted by molar-refractivity contribution is -0.384. The number of ether oxygens (including phenoxy) is 2. The fourth-order valence-electron chi connectivity index (χ4n) is 2.25. The lowest BCUT2D eigenvalue weighted by atomic mass is 10.2. The molecule has 0 fully saturated rings. The summed E-state index contributed by atoms with van der Waals surface area (Å²) in [4.78, 5) is 10.1. The fraction of sp³-hybridized carbons (Fsp3) is 0.133. The van der Waals surface area contributed by atoms with E-state index in [1.807, 2.05) is 0 Å². The van der Waals surface area contributed by atoms with E-state index in [-0.39, 0.29) is 10.6 Å². The van der Waals surface area contributed by atoms with Crippen molar-refractivity contribution in [1.82, 2.24) is 0 Å². The number of fused-ring (bicyclic) bond motifs is 1. The van der Waals surface area contributed by atoms with E-state index in [2.05, 4.69) is 10.5 Å². The van der Waals surface area contributed by atoms with Crippen LogP contribution in [0.15, 0.2) is 46.4 Å². The average Bonchev–Trinajstić information content (AvgIpc) is 2.60. The number of sulfonamides is 1. The van der Waals surface area contributed by atoms with E-state index in [1.54, 1.807) is 18.2 Å². The van der Waals surface area contributed by atoms with E-state index in [1.165, 1.54) is 12.3 Å². The summed E-state index contributed by atoms with van der Waals surface area (Å²) in [6, 6.07) is 8.45. The molecule has 0 saturated carbocycles. The molecule has 0 aliphatic carbocycles. The van der Waals surface area contributed by atoms with Gasteiger partial charge in [0.15, 0.2) is 11.5 Å². The summed E-state index contributed by atoms with van der Waals surface area (Å²) in [5.74, 6) is 1.22. The molecule has 2 aromatic carbocycles. The number of hydrazone groups is 1. The van der Waals surface area contributed by atoms with Crippen molar-refractivity contribution >= 4 is 27.6 Å². The highest BCUT2D eigenvalue weighted by Crippen LogP contribution is 2.30. The number of anilines is 1. The molecule has 0 unspecified atom stereocenters. The van der Waals surface area contributed by atoms with Gasteiger partial charge in [-0.2, -0.15) is 5.10 Å². The summed E-state index contributed by atoms with van der Waals surface area (Å²) in [6.45, 7) is 0.939. The molecule has 11 heteroatoms. The number of rotatable bonds is 5. The predicted octanol–water partition coefficient (Wildman–Crippen LogP) is 1.46. The van der Waals surface area contributed by atoms with E-state index in [0.717, 1.165) is 12.1 Å². The summed E-state index contributed by atoms with van der Waals surface area (Å²) in [7, 11) is -4.04. The molecular weight excluding hydrogens is 364 g/mol. The number of benzene rings is 2. The summed E-state index contributed by atoms with van der Waals surface area (Å²) >= 11 is 0. The summed E-state index contributed by atoms with van der Waals surface area (Å²) in [6.07, 6.45) is 1.44. The Kier molecular flexibility index (Phi) is 4.73. The lowest BCUT2D eigenvalue weighted by Crippen LogP contribution is -2.15. The van der Waals surface area contributed by atoms with E-state index >= 15 is 0 Å². The first kappa shape index (κ1) is 17.6. The zero-order valence-corrected chi connectivity index (χ0v) is 14.1. The molecule has 1 aliphatic rings. The van der Waals surface area contributed by atoms with E-state index in [4.69, 9.17) is 14.6 Å². The number of nitro groups is 1. The minimum atomic E-state index is -4.04. The number of nitro benzene ring substituents is 1. The Hall–Kier alpha value is -3.18. The molecule has 0 saturated heterocycles. The molecule has 3 N–H and O–H groups in total. The van der Waals surface area contributed by atoms with Crippen LogP contribution in [0.1, 0.15) is 5.56 Å². The summed E-state index contributed by atoms with van der Waals surface area (Å²) in [5.41, 5.74) is 2.77. The van der Waals surface area contributed by atoms with Crippen molar-refractivity contribution in [1.29, 1.82) is 0 Å². The third kappa shape index (κ3) is 3.90. The third-order valence-corrected chi connectivity index (χ3v) is 4.37. The Bertz CT molecular complexity index is 990. The minimum absolute atomic E-state index is 0.0243. The molecule has 1 aliphatic heterocycles. The number of hydrogen-bond donors (Lipinski definition) is 2. The van der Waals surface area contributed by atoms with Gasteiger partial charge in [0.1, 0.15) is 18.9 Å². The average molecular weight is 378 g/mol. The van der Waals surface area contributed by atoms with Crippen LogP contribution in [0, 0.1) is 10.1 Å². The van der Waals surface area contributed by atoms with Crippen LogP contribution in [0.2, 0.25) is 0 Å². The molecule has 0 aromatic heterocycles. The predicted molar refractivity (Wildman–Crippen MR) is 93.1 cm³/mol. The standard InChI is InChI=1S/C15H14N4O6S/c16-26(22,23)11-2-3-12(13(8-11)19(20)21)18-17-9-10-1-4-14-15(7-10)25-6-5-24-14/h1-4,7-9,18H,5-6H2,(H2,16,22,23). The first-order valence-electron chi connectivity index (χ1n) is 7.34. The lowest BCUT2D eigenvalue weighted by Gasteiger charge is -2.18. The molecule has 0 spiro atoms. The second kappa shape index (κ2) is 6.98. The summed E-state index contributed by atoms with van der Waals surface area (Å²) in [5, 5.41) is 20.1. The Morgan fingerprint density at radius 2 is 1.88 bits per heavy atom. The van der Waals surface area contributed by atoms with Crippen LogP contribution in [0.25, 0.3) is 0 Å². The Balaban J connectivity index is 1.81. The van der Waals surface area contributed by atoms with Gasteiger partial charge in [-0.3, -0.25) is 15.5 Å². The van der Waals surface area contributed by atoms with Crippen LogP contribution in [0.5, 0.6) is 11.5 Å². The van der Waals surface area contributed by atoms with Crippen molar-refractivity contribution < 1.29 is 22.8 Å². The Morgan fingerprint density at radius 3 is 2.58 bits per heavy atom. The molecular formula is C15H14N4O6S. The number of nitrogens with zero attached hydrogens (tertiary/aromatic N) is 2. The van der Waals surface area contributed by atoms with Gasteiger partial charge in [0.2, 0.25) is 10.0 Å². The molecule has 0 radical (unpaired) electrons. The van der Waals surface area contributed by atoms with Crippen LogP contribution >= 0.6 is 0 Å². The quantitative estimate of drug-likeness (QED) is 0.455. The van der Waals surface area contributed by atoms with Crippen molar-refractivity contribution in [2.24, 2.45) is 10.2 Å². The maximum Gasteiger partial charge on any atom is 0.295 e. The highest BCUT2D eigenvalue weighted by molar-refractivity contribution is 7.89. The smallest absolute Gasteiger partial charge is 0.295 e. The van der Waals surface area contributed by atoms with Gasteiger partial charge >= 0.3 is 0 Å². The second-order valence-corrected chi connectivity index (χ2v) is 6.82. The van der Waals surface area contributed by atoms with Crippen LogP contribution in [-0.4, -0.2) is 32.8 Å². The zero-order chi connectivity index (χ0) is 18.7. The van der Waals surface area contributed by atoms with Crippen molar-refractivity contribution in [2.75, 3.05) is 18.6 Å². The molecule has 0 amide bonds. The molecule has 1 heterocycles. The normalized spacial score (nSPS) is 13.6. The second-order valence-electron chi connectivity index (χ2n) is 5.25. The Morgan fingerprint density at radius 1 is 1.15 bits per heavy atom. The monoisotopic (exact) mass is 378 g/mol. The molecule has 0 bridgehead atoms. The molecule has 3 rings (SSSR count). The number of nitrogens with two attached hydrogens (primary N) is 1. The fourth-order valence-corrected chi connectivity index (χ4v) is 2.78. The topological polar surface area (TPSA) is 146 Å². The van der Waals surface area contributed by atoms with Crippen molar-refractivity contribution in [3.63, 3.8) is 0 Å². The highest BCUT2D eigenvalue weighted by Gasteiger charge is 2.18. The van der Waals surface area contributed by atoms with Gasteiger partial charge in [-0.15, -0.1) is 0 Å². The van der Waals surface area contributed by atoms with Gasteiger partial charge < -0.3 is 9.47 Å². The van der Waals surface area contributed by atoms with E-state index < -0.39 is 20.6 Å². The minimum Gasteiger partial charge on any atom is -0.486 e. The summed E-state index contributed by atoms with van der Waals surface area (Å²) < 4.78 is 33.5. The van der Waals surface area contributed by atoms with Gasteiger partial charge in [0.05, 0.1) is 16.0 Å². The van der Waals surface area contributed by atoms with Gasteiger partial charge in [-0.1, -0.05) is 0 Å². The van der Waals surface area contributed by atoms with Crippen molar-refractivity contribution in [2.45, 2.75) is 4.90 Å². The van der Waals surface area contributed by atoms with Gasteiger partial charge in [0.25, 0.3) is 5.69 Å². The number of nitrogens with one attached hydrogen (secondary N) is 1. The SMILES string of the molecule is NS(=O)(=O)c1ccc(NN=Cc2ccc3c(c2)OCCO3)c([N+](=O)[O-])c1. The first-order valence-corrected chi connectivity index (χ1v) is 8.89. The molecule has 10 nitrogen and oxygen atoms in total. The number of primary sulfonamides is 1. The largest absolute Gasteiger partial charge is 0.486 e. The highest BCUT2D eigenvalue weighted by atomic mass is 32.2. The third-order valence-electron chi connectivity index (χ3n) is 3.46. The van der Waals surface area contributed by atoms with Gasteiger partial charge in [0, 0.05) is 6.07 Å². The first-order chi connectivity index (χ1) is 12.3. The van der Waals surface area contributed by atoms with Crippen LogP contribution in [0.3, 0.4) is 0 Å². The van der Waals surface area contributed by atoms with E-state index in [0.29, 0.717) is 30.3 Å². The van der Waals surface area contributed by atoms with Crippen LogP contribution in [-0.2, 0) is 10.0 Å².